The van der Waals surface area contributed by atoms with Gasteiger partial charge in [0.25, 0.3) is 0 Å². The zero-order chi connectivity index (χ0) is 18.0. The van der Waals surface area contributed by atoms with E-state index in [9.17, 15) is 4.79 Å². The maximum absolute atomic E-state index is 10.6. The van der Waals surface area contributed by atoms with Crippen LogP contribution < -0.4 is 9.62 Å². The molecule has 24 heavy (non-hydrogen) atoms. The van der Waals surface area contributed by atoms with Gasteiger partial charge in [-0.05, 0) is 29.9 Å². The molecule has 0 aliphatic carbocycles. The maximum atomic E-state index is 10.6. The Morgan fingerprint density at radius 2 is 1.79 bits per heavy atom. The summed E-state index contributed by atoms with van der Waals surface area (Å²) in [6, 6.07) is 6.90. The average Bonchev–Trinajstić information content (AvgIpc) is 2.59. The summed E-state index contributed by atoms with van der Waals surface area (Å²) >= 11 is 0. The Morgan fingerprint density at radius 3 is 2.33 bits per heavy atom. The lowest BCUT2D eigenvalue weighted by Crippen LogP contribution is -2.22. The van der Waals surface area contributed by atoms with Crippen LogP contribution in [0.3, 0.4) is 0 Å². The number of hydrogen-bond donors (Lipinski definition) is 1. The first-order chi connectivity index (χ1) is 11.4. The van der Waals surface area contributed by atoms with E-state index in [0.717, 1.165) is 25.7 Å². The van der Waals surface area contributed by atoms with Crippen LogP contribution in [0.25, 0.3) is 0 Å². The van der Waals surface area contributed by atoms with Crippen molar-refractivity contribution >= 4 is 5.97 Å². The number of carbonyl (C=O) groups is 1. The number of rotatable bonds is 12. The van der Waals surface area contributed by atoms with Crippen LogP contribution in [0.4, 0.5) is 0 Å². The van der Waals surface area contributed by atoms with Gasteiger partial charge in [-0.2, -0.15) is 4.89 Å². The minimum absolute atomic E-state index is 0.326. The number of benzene rings is 1. The summed E-state index contributed by atoms with van der Waals surface area (Å²) in [4.78, 5) is 21.4. The van der Waals surface area contributed by atoms with Crippen LogP contribution in [0.1, 0.15) is 53.4 Å². The summed E-state index contributed by atoms with van der Waals surface area (Å²) in [5, 5.41) is 8.70. The number of para-hydroxylation sites is 2. The van der Waals surface area contributed by atoms with Crippen molar-refractivity contribution < 1.29 is 24.4 Å². The minimum atomic E-state index is -1.03. The summed E-state index contributed by atoms with van der Waals surface area (Å²) in [6.07, 6.45) is 4.41. The van der Waals surface area contributed by atoms with Gasteiger partial charge in [0.1, 0.15) is 0 Å². The fourth-order valence-corrected chi connectivity index (χ4v) is 2.53. The van der Waals surface area contributed by atoms with E-state index < -0.39 is 12.6 Å². The van der Waals surface area contributed by atoms with E-state index in [4.69, 9.17) is 19.6 Å². The van der Waals surface area contributed by atoms with E-state index in [1.54, 1.807) is 24.3 Å². The summed E-state index contributed by atoms with van der Waals surface area (Å²) in [5.74, 6) is 0.138. The normalized spacial score (nSPS) is 12.7. The van der Waals surface area contributed by atoms with E-state index in [1.165, 1.54) is 0 Å². The Hall–Kier alpha value is -1.75. The predicted octanol–water partition coefficient (Wildman–Crippen LogP) is 4.70. The van der Waals surface area contributed by atoms with E-state index in [1.807, 2.05) is 0 Å². The molecule has 1 atom stereocenters. The van der Waals surface area contributed by atoms with Crippen LogP contribution >= 0.6 is 0 Å². The van der Waals surface area contributed by atoms with E-state index >= 15 is 0 Å². The fraction of sp³-hybridized carbons (Fsp3) is 0.632. The molecule has 0 aromatic heterocycles. The first-order valence-electron chi connectivity index (χ1n) is 8.67. The Balaban J connectivity index is 2.55. The van der Waals surface area contributed by atoms with Crippen LogP contribution in [-0.4, -0.2) is 24.3 Å². The molecule has 5 nitrogen and oxygen atoms in total. The number of hydrogen-bond acceptors (Lipinski definition) is 4. The van der Waals surface area contributed by atoms with Gasteiger partial charge in [0.2, 0.25) is 5.75 Å². The lowest BCUT2D eigenvalue weighted by Gasteiger charge is -2.30. The number of ether oxygens (including phenoxy) is 1. The smallest absolute Gasteiger partial charge is 0.341 e. The van der Waals surface area contributed by atoms with Gasteiger partial charge < -0.3 is 14.7 Å². The monoisotopic (exact) mass is 338 g/mol. The first kappa shape index (κ1) is 20.3. The second kappa shape index (κ2) is 10.2. The van der Waals surface area contributed by atoms with Gasteiger partial charge in [0.05, 0.1) is 6.61 Å². The molecule has 0 fully saturated rings. The van der Waals surface area contributed by atoms with E-state index in [0.29, 0.717) is 29.4 Å². The zero-order valence-electron chi connectivity index (χ0n) is 15.2. The lowest BCUT2D eigenvalue weighted by atomic mass is 9.76. The molecule has 0 saturated heterocycles. The van der Waals surface area contributed by atoms with Crippen LogP contribution in [0.5, 0.6) is 11.5 Å². The summed E-state index contributed by atoms with van der Waals surface area (Å²) in [6.45, 7) is 9.01. The number of carboxylic acid groups (broad SMARTS) is 1. The Morgan fingerprint density at radius 1 is 1.17 bits per heavy atom. The highest BCUT2D eigenvalue weighted by molar-refractivity contribution is 5.68. The van der Waals surface area contributed by atoms with Gasteiger partial charge in [-0.1, -0.05) is 59.1 Å². The fourth-order valence-electron chi connectivity index (χ4n) is 2.53. The largest absolute Gasteiger partial charge is 0.479 e. The molecular formula is C19H30O5. The van der Waals surface area contributed by atoms with Gasteiger partial charge in [-0.25, -0.2) is 4.79 Å². The van der Waals surface area contributed by atoms with Gasteiger partial charge in [-0.15, -0.1) is 0 Å². The first-order valence-corrected chi connectivity index (χ1v) is 8.67. The summed E-state index contributed by atoms with van der Waals surface area (Å²) in [7, 11) is 0. The quantitative estimate of drug-likeness (QED) is 0.442. The third-order valence-electron chi connectivity index (χ3n) is 4.72. The van der Waals surface area contributed by atoms with Crippen LogP contribution in [-0.2, 0) is 9.68 Å². The van der Waals surface area contributed by atoms with Gasteiger partial charge in [-0.3, -0.25) is 0 Å². The molecule has 1 unspecified atom stereocenters. The SMILES string of the molecule is CCC(COOc1ccccc1OCC(=O)O)CC(C)(CC)CC. The molecular weight excluding hydrogens is 308 g/mol. The van der Waals surface area contributed by atoms with Crippen LogP contribution in [0.2, 0.25) is 0 Å². The highest BCUT2D eigenvalue weighted by Gasteiger charge is 2.24. The third-order valence-corrected chi connectivity index (χ3v) is 4.72. The van der Waals surface area contributed by atoms with Crippen molar-refractivity contribution in [2.75, 3.05) is 13.2 Å². The molecule has 1 rings (SSSR count). The molecule has 0 radical (unpaired) electrons. The molecule has 0 aliphatic rings. The molecule has 1 aromatic carbocycles. The second-order valence-electron chi connectivity index (χ2n) is 6.49. The van der Waals surface area contributed by atoms with Gasteiger partial charge in [0.15, 0.2) is 12.4 Å². The minimum Gasteiger partial charge on any atom is -0.479 e. The van der Waals surface area contributed by atoms with E-state index in [2.05, 4.69) is 27.7 Å². The van der Waals surface area contributed by atoms with Crippen molar-refractivity contribution in [1.29, 1.82) is 0 Å². The van der Waals surface area contributed by atoms with Crippen LogP contribution in [0.15, 0.2) is 24.3 Å². The lowest BCUT2D eigenvalue weighted by molar-refractivity contribution is -0.219. The highest BCUT2D eigenvalue weighted by Crippen LogP contribution is 2.34. The molecule has 0 bridgehead atoms. The molecule has 1 N–H and O–H groups in total. The third kappa shape index (κ3) is 6.79. The van der Waals surface area contributed by atoms with Crippen LogP contribution in [0, 0.1) is 11.3 Å². The standard InChI is InChI=1S/C19H30O5/c1-5-15(12-19(4,6-2)7-3)13-23-24-17-11-9-8-10-16(17)22-14-18(20)21/h8-11,15H,5-7,12-14H2,1-4H3,(H,20,21). The van der Waals surface area contributed by atoms with E-state index in [-0.39, 0.29) is 0 Å². The summed E-state index contributed by atoms with van der Waals surface area (Å²) in [5.41, 5.74) is 0.326. The molecule has 5 heteroatoms. The second-order valence-corrected chi connectivity index (χ2v) is 6.49. The topological polar surface area (TPSA) is 65.0 Å². The Labute approximate surface area is 144 Å². The molecule has 0 aliphatic heterocycles. The average molecular weight is 338 g/mol. The summed E-state index contributed by atoms with van der Waals surface area (Å²) < 4.78 is 5.19. The molecule has 0 saturated carbocycles. The van der Waals surface area contributed by atoms with Gasteiger partial charge >= 0.3 is 5.97 Å². The van der Waals surface area contributed by atoms with Crippen molar-refractivity contribution in [3.8, 4) is 11.5 Å². The molecule has 0 heterocycles. The number of carboxylic acids is 1. The van der Waals surface area contributed by atoms with Crippen molar-refractivity contribution in [2.45, 2.75) is 53.4 Å². The number of aliphatic carboxylic acids is 1. The Bertz CT molecular complexity index is 496. The molecule has 0 amide bonds. The molecule has 1 aromatic rings. The predicted molar refractivity (Wildman–Crippen MR) is 93.2 cm³/mol. The molecule has 136 valence electrons. The maximum Gasteiger partial charge on any atom is 0.341 e. The van der Waals surface area contributed by atoms with Crippen molar-refractivity contribution in [3.05, 3.63) is 24.3 Å². The van der Waals surface area contributed by atoms with Crippen molar-refractivity contribution in [2.24, 2.45) is 11.3 Å². The van der Waals surface area contributed by atoms with Gasteiger partial charge in [0, 0.05) is 0 Å². The van der Waals surface area contributed by atoms with Crippen molar-refractivity contribution in [3.63, 3.8) is 0 Å². The van der Waals surface area contributed by atoms with Crippen molar-refractivity contribution in [1.82, 2.24) is 0 Å². The Kier molecular flexibility index (Phi) is 8.61. The highest BCUT2D eigenvalue weighted by atomic mass is 17.2. The molecule has 0 spiro atoms. The zero-order valence-corrected chi connectivity index (χ0v) is 15.2.